The fourth-order valence-electron chi connectivity index (χ4n) is 3.28. The third kappa shape index (κ3) is 4.70. The number of hydrogen-bond acceptors (Lipinski definition) is 11. The quantitative estimate of drug-likeness (QED) is 0.246. The van der Waals surface area contributed by atoms with Crippen LogP contribution in [0.1, 0.15) is 0 Å². The van der Waals surface area contributed by atoms with Crippen LogP contribution in [0.25, 0.3) is 0 Å². The van der Waals surface area contributed by atoms with Crippen molar-refractivity contribution in [1.82, 2.24) is 0 Å². The van der Waals surface area contributed by atoms with Crippen molar-refractivity contribution >= 4 is 0 Å². The minimum Gasteiger partial charge on any atom is -0.462 e. The first-order valence-corrected chi connectivity index (χ1v) is 9.17. The van der Waals surface area contributed by atoms with Crippen LogP contribution in [-0.2, 0) is 14.2 Å². The van der Waals surface area contributed by atoms with E-state index in [1.807, 2.05) is 0 Å². The van der Waals surface area contributed by atoms with Crippen LogP contribution in [0.5, 0.6) is 5.75 Å². The molecule has 11 heteroatoms. The summed E-state index contributed by atoms with van der Waals surface area (Å²) in [7, 11) is 0. The van der Waals surface area contributed by atoms with Crippen LogP contribution in [-0.4, -0.2) is 110 Å². The highest BCUT2D eigenvalue weighted by Crippen LogP contribution is 2.30. The zero-order chi connectivity index (χ0) is 21.1. The van der Waals surface area contributed by atoms with Crippen LogP contribution >= 0.6 is 0 Å². The van der Waals surface area contributed by atoms with E-state index in [1.54, 1.807) is 30.3 Å². The van der Waals surface area contributed by atoms with E-state index < -0.39 is 74.6 Å². The number of ether oxygens (including phenoxy) is 4. The van der Waals surface area contributed by atoms with E-state index in [0.29, 0.717) is 5.75 Å². The standard InChI is InChI=1S/C18H26O11/c19-6-9-11(21)13(23)14(24)17(27-9)29-16-12(22)10(7-20)28-18(15(16)25)26-8-4-2-1-3-5-8/h1-5,9-25H,6-7H2/t9-,10-,11-,12-,13+,14-,15-,16+,17+,18-/m1/s1. The Morgan fingerprint density at radius 2 is 1.28 bits per heavy atom. The van der Waals surface area contributed by atoms with Crippen LogP contribution < -0.4 is 4.74 Å². The summed E-state index contributed by atoms with van der Waals surface area (Å²) in [5.74, 6) is 0.358. The molecule has 2 fully saturated rings. The number of benzene rings is 1. The van der Waals surface area contributed by atoms with Gasteiger partial charge in [0.2, 0.25) is 6.29 Å². The van der Waals surface area contributed by atoms with Crippen molar-refractivity contribution < 1.29 is 54.7 Å². The van der Waals surface area contributed by atoms with Gasteiger partial charge >= 0.3 is 0 Å². The van der Waals surface area contributed by atoms with Crippen molar-refractivity contribution in [3.63, 3.8) is 0 Å². The summed E-state index contributed by atoms with van der Waals surface area (Å²) in [5, 5.41) is 69.7. The maximum Gasteiger partial charge on any atom is 0.229 e. The highest BCUT2D eigenvalue weighted by molar-refractivity contribution is 5.21. The molecular formula is C18H26O11. The average molecular weight is 418 g/mol. The number of hydrogen-bond donors (Lipinski definition) is 7. The van der Waals surface area contributed by atoms with E-state index in [9.17, 15) is 35.7 Å². The lowest BCUT2D eigenvalue weighted by atomic mass is 9.97. The van der Waals surface area contributed by atoms with Gasteiger partial charge in [0, 0.05) is 0 Å². The van der Waals surface area contributed by atoms with Crippen LogP contribution in [0.2, 0.25) is 0 Å². The van der Waals surface area contributed by atoms with Gasteiger partial charge in [-0.15, -0.1) is 0 Å². The van der Waals surface area contributed by atoms with Crippen LogP contribution in [0.3, 0.4) is 0 Å². The predicted molar refractivity (Wildman–Crippen MR) is 93.5 cm³/mol. The Morgan fingerprint density at radius 1 is 0.690 bits per heavy atom. The first-order chi connectivity index (χ1) is 13.9. The molecule has 0 radical (unpaired) electrons. The molecule has 2 aliphatic heterocycles. The Labute approximate surface area is 166 Å². The van der Waals surface area contributed by atoms with E-state index in [1.165, 1.54) is 0 Å². The molecule has 10 atom stereocenters. The number of rotatable bonds is 6. The van der Waals surface area contributed by atoms with E-state index in [2.05, 4.69) is 0 Å². The molecular weight excluding hydrogens is 392 g/mol. The van der Waals surface area contributed by atoms with E-state index in [4.69, 9.17) is 18.9 Å². The zero-order valence-electron chi connectivity index (χ0n) is 15.3. The molecule has 0 spiro atoms. The molecule has 0 aliphatic carbocycles. The van der Waals surface area contributed by atoms with Gasteiger partial charge in [-0.1, -0.05) is 18.2 Å². The Bertz CT molecular complexity index is 629. The molecule has 7 N–H and O–H groups in total. The largest absolute Gasteiger partial charge is 0.462 e. The Morgan fingerprint density at radius 3 is 1.90 bits per heavy atom. The maximum atomic E-state index is 10.6. The topological polar surface area (TPSA) is 179 Å². The van der Waals surface area contributed by atoms with Crippen molar-refractivity contribution in [2.24, 2.45) is 0 Å². The van der Waals surface area contributed by atoms with Gasteiger partial charge in [0.25, 0.3) is 0 Å². The molecule has 29 heavy (non-hydrogen) atoms. The van der Waals surface area contributed by atoms with E-state index in [-0.39, 0.29) is 0 Å². The van der Waals surface area contributed by atoms with Crippen molar-refractivity contribution in [2.45, 2.75) is 61.4 Å². The van der Waals surface area contributed by atoms with Gasteiger partial charge in [-0.25, -0.2) is 0 Å². The molecule has 1 aromatic carbocycles. The minimum atomic E-state index is -1.73. The maximum absolute atomic E-state index is 10.6. The summed E-state index contributed by atoms with van der Waals surface area (Å²) >= 11 is 0. The lowest BCUT2D eigenvalue weighted by Crippen LogP contribution is -2.65. The normalized spacial score (nSPS) is 43.1. The van der Waals surface area contributed by atoms with Crippen molar-refractivity contribution in [2.75, 3.05) is 13.2 Å². The summed E-state index contributed by atoms with van der Waals surface area (Å²) in [6.07, 6.45) is -14.9. The molecule has 0 saturated carbocycles. The Hall–Kier alpha value is -1.38. The smallest absolute Gasteiger partial charge is 0.229 e. The number of aliphatic hydroxyl groups excluding tert-OH is 7. The lowest BCUT2D eigenvalue weighted by molar-refractivity contribution is -0.352. The lowest BCUT2D eigenvalue weighted by Gasteiger charge is -2.45. The third-order valence-electron chi connectivity index (χ3n) is 4.96. The van der Waals surface area contributed by atoms with Gasteiger partial charge in [0.05, 0.1) is 13.2 Å². The summed E-state index contributed by atoms with van der Waals surface area (Å²) in [6.45, 7) is -1.28. The molecule has 0 amide bonds. The average Bonchev–Trinajstić information content (AvgIpc) is 2.73. The Kier molecular flexibility index (Phi) is 7.40. The second kappa shape index (κ2) is 9.62. The van der Waals surface area contributed by atoms with E-state index >= 15 is 0 Å². The second-order valence-corrected chi connectivity index (χ2v) is 6.94. The van der Waals surface area contributed by atoms with Gasteiger partial charge in [-0.3, -0.25) is 0 Å². The van der Waals surface area contributed by atoms with Crippen molar-refractivity contribution in [3.8, 4) is 5.75 Å². The fourth-order valence-corrected chi connectivity index (χ4v) is 3.28. The van der Waals surface area contributed by atoms with Gasteiger partial charge < -0.3 is 54.7 Å². The third-order valence-corrected chi connectivity index (χ3v) is 4.96. The highest BCUT2D eigenvalue weighted by atomic mass is 16.7. The molecule has 11 nitrogen and oxygen atoms in total. The molecule has 0 aromatic heterocycles. The van der Waals surface area contributed by atoms with Gasteiger partial charge in [-0.2, -0.15) is 0 Å². The second-order valence-electron chi connectivity index (χ2n) is 6.94. The molecule has 0 bridgehead atoms. The summed E-state index contributed by atoms with van der Waals surface area (Å²) < 4.78 is 21.7. The van der Waals surface area contributed by atoms with Crippen molar-refractivity contribution in [1.29, 1.82) is 0 Å². The van der Waals surface area contributed by atoms with E-state index in [0.717, 1.165) is 0 Å². The van der Waals surface area contributed by atoms with Gasteiger partial charge in [0.1, 0.15) is 54.6 Å². The number of para-hydroxylation sites is 1. The molecule has 2 saturated heterocycles. The molecule has 1 aromatic rings. The molecule has 0 unspecified atom stereocenters. The molecule has 2 aliphatic rings. The highest BCUT2D eigenvalue weighted by Gasteiger charge is 2.51. The Balaban J connectivity index is 1.76. The predicted octanol–water partition coefficient (Wildman–Crippen LogP) is -3.31. The number of aliphatic hydroxyl groups is 7. The monoisotopic (exact) mass is 418 g/mol. The molecule has 164 valence electrons. The van der Waals surface area contributed by atoms with Gasteiger partial charge in [-0.05, 0) is 12.1 Å². The summed E-state index contributed by atoms with van der Waals surface area (Å²) in [5.41, 5.74) is 0. The van der Waals surface area contributed by atoms with Crippen LogP contribution in [0, 0.1) is 0 Å². The summed E-state index contributed by atoms with van der Waals surface area (Å²) in [4.78, 5) is 0. The van der Waals surface area contributed by atoms with Crippen molar-refractivity contribution in [3.05, 3.63) is 30.3 Å². The first-order valence-electron chi connectivity index (χ1n) is 9.17. The minimum absolute atomic E-state index is 0.358. The summed E-state index contributed by atoms with van der Waals surface area (Å²) in [6, 6.07) is 8.39. The van der Waals surface area contributed by atoms with Crippen LogP contribution in [0.4, 0.5) is 0 Å². The fraction of sp³-hybridized carbons (Fsp3) is 0.667. The van der Waals surface area contributed by atoms with Gasteiger partial charge in [0.15, 0.2) is 6.29 Å². The van der Waals surface area contributed by atoms with Crippen LogP contribution in [0.15, 0.2) is 30.3 Å². The molecule has 2 heterocycles. The first kappa shape index (κ1) is 22.3. The molecule has 3 rings (SSSR count). The SMILES string of the molecule is OC[C@H]1O[C@@H](O[C@@H]2[C@@H](O)[C@H](Oc3ccccc3)O[C@H](CO)[C@H]2O)[C@H](O)[C@@H](O)[C@@H]1O. The zero-order valence-corrected chi connectivity index (χ0v) is 15.3.